The lowest BCUT2D eigenvalue weighted by Gasteiger charge is -2.04. The molecule has 0 bridgehead atoms. The van der Waals surface area contributed by atoms with E-state index in [1.807, 2.05) is 30.3 Å². The normalized spacial score (nSPS) is 11.5. The van der Waals surface area contributed by atoms with Gasteiger partial charge in [-0.05, 0) is 11.6 Å². The predicted molar refractivity (Wildman–Crippen MR) is 69.2 cm³/mol. The summed E-state index contributed by atoms with van der Waals surface area (Å²) in [5.74, 6) is 0. The molecule has 2 rings (SSSR count). The lowest BCUT2D eigenvalue weighted by atomic mass is 10.2. The second-order valence-corrected chi connectivity index (χ2v) is 6.41. The van der Waals surface area contributed by atoms with Crippen molar-refractivity contribution < 1.29 is 8.42 Å². The van der Waals surface area contributed by atoms with Crippen molar-refractivity contribution in [2.75, 3.05) is 5.73 Å². The van der Waals surface area contributed by atoms with Crippen LogP contribution < -0.4 is 10.5 Å². The lowest BCUT2D eigenvalue weighted by Crippen LogP contribution is -2.22. The van der Waals surface area contributed by atoms with Gasteiger partial charge in [0.15, 0.2) is 0 Å². The molecular weight excluding hydrogens is 256 g/mol. The van der Waals surface area contributed by atoms with Gasteiger partial charge in [-0.2, -0.15) is 0 Å². The molecule has 0 saturated heterocycles. The largest absolute Gasteiger partial charge is 0.398 e. The summed E-state index contributed by atoms with van der Waals surface area (Å²) in [6.07, 6.45) is 0. The van der Waals surface area contributed by atoms with Gasteiger partial charge in [0.05, 0.1) is 0 Å². The minimum atomic E-state index is -3.45. The van der Waals surface area contributed by atoms with E-state index in [9.17, 15) is 8.42 Å². The highest BCUT2D eigenvalue weighted by molar-refractivity contribution is 7.91. The highest BCUT2D eigenvalue weighted by Crippen LogP contribution is 2.21. The zero-order valence-corrected chi connectivity index (χ0v) is 10.6. The molecule has 0 saturated carbocycles. The number of rotatable bonds is 4. The fraction of sp³-hybridized carbons (Fsp3) is 0.0909. The molecule has 1 aromatic heterocycles. The van der Waals surface area contributed by atoms with Gasteiger partial charge < -0.3 is 5.73 Å². The highest BCUT2D eigenvalue weighted by atomic mass is 32.2. The van der Waals surface area contributed by atoms with E-state index in [1.54, 1.807) is 5.38 Å². The summed E-state index contributed by atoms with van der Waals surface area (Å²) in [4.78, 5) is 0. The first-order valence-electron chi connectivity index (χ1n) is 4.95. The van der Waals surface area contributed by atoms with Crippen molar-refractivity contribution >= 4 is 27.0 Å². The Balaban J connectivity index is 2.09. The molecule has 1 aromatic carbocycles. The quantitative estimate of drug-likeness (QED) is 0.888. The second kappa shape index (κ2) is 4.87. The van der Waals surface area contributed by atoms with E-state index in [4.69, 9.17) is 5.73 Å². The third-order valence-corrected chi connectivity index (χ3v) is 5.03. The molecule has 0 aliphatic heterocycles. The minimum absolute atomic E-state index is 0.242. The van der Waals surface area contributed by atoms with Crippen molar-refractivity contribution in [2.45, 2.75) is 10.8 Å². The predicted octanol–water partition coefficient (Wildman–Crippen LogP) is 1.81. The van der Waals surface area contributed by atoms with Crippen molar-refractivity contribution in [3.8, 4) is 0 Å². The Kier molecular flexibility index (Phi) is 3.46. The number of hydrogen-bond acceptors (Lipinski definition) is 4. The topological polar surface area (TPSA) is 72.2 Å². The van der Waals surface area contributed by atoms with Gasteiger partial charge in [-0.25, -0.2) is 13.1 Å². The Morgan fingerprint density at radius 2 is 1.94 bits per heavy atom. The van der Waals surface area contributed by atoms with Crippen LogP contribution in [-0.2, 0) is 16.6 Å². The van der Waals surface area contributed by atoms with Crippen LogP contribution in [0.15, 0.2) is 46.0 Å². The molecule has 3 N–H and O–H groups in total. The van der Waals surface area contributed by atoms with Crippen LogP contribution in [0.3, 0.4) is 0 Å². The van der Waals surface area contributed by atoms with E-state index in [0.29, 0.717) is 5.69 Å². The van der Waals surface area contributed by atoms with Crippen LogP contribution in [0.4, 0.5) is 5.69 Å². The molecule has 6 heteroatoms. The van der Waals surface area contributed by atoms with Crippen molar-refractivity contribution in [1.82, 2.24) is 4.72 Å². The van der Waals surface area contributed by atoms with Gasteiger partial charge in [-0.1, -0.05) is 30.3 Å². The number of benzene rings is 1. The standard InChI is InChI=1S/C11H12N2O2S2/c12-10-6-11(16-8-10)17(14,15)13-7-9-4-2-1-3-5-9/h1-6,8,13H,7,12H2. The highest BCUT2D eigenvalue weighted by Gasteiger charge is 2.15. The Morgan fingerprint density at radius 3 is 2.53 bits per heavy atom. The summed E-state index contributed by atoms with van der Waals surface area (Å²) in [5.41, 5.74) is 6.89. The Morgan fingerprint density at radius 1 is 1.24 bits per heavy atom. The average molecular weight is 268 g/mol. The summed E-state index contributed by atoms with van der Waals surface area (Å²) < 4.78 is 26.5. The van der Waals surface area contributed by atoms with Crippen LogP contribution >= 0.6 is 11.3 Å². The van der Waals surface area contributed by atoms with E-state index in [1.165, 1.54) is 6.07 Å². The van der Waals surface area contributed by atoms with Crippen molar-refractivity contribution in [3.05, 3.63) is 47.3 Å². The van der Waals surface area contributed by atoms with Crippen LogP contribution in [0.5, 0.6) is 0 Å². The van der Waals surface area contributed by atoms with Gasteiger partial charge in [-0.3, -0.25) is 0 Å². The van der Waals surface area contributed by atoms with Gasteiger partial charge in [0.1, 0.15) is 4.21 Å². The van der Waals surface area contributed by atoms with Crippen LogP contribution in [0.2, 0.25) is 0 Å². The van der Waals surface area contributed by atoms with Gasteiger partial charge in [0, 0.05) is 17.6 Å². The molecule has 0 unspecified atom stereocenters. The van der Waals surface area contributed by atoms with Crippen LogP contribution in [0.1, 0.15) is 5.56 Å². The van der Waals surface area contributed by atoms with Gasteiger partial charge in [-0.15, -0.1) is 11.3 Å². The molecule has 0 fully saturated rings. The molecule has 0 radical (unpaired) electrons. The first kappa shape index (κ1) is 12.1. The number of sulfonamides is 1. The minimum Gasteiger partial charge on any atom is -0.398 e. The Bertz CT molecular complexity index is 591. The summed E-state index contributed by atoms with van der Waals surface area (Å²) in [6.45, 7) is 0.279. The van der Waals surface area contributed by atoms with Gasteiger partial charge in [0.25, 0.3) is 0 Å². The molecule has 0 atom stereocenters. The fourth-order valence-electron chi connectivity index (χ4n) is 1.32. The average Bonchev–Trinajstić information content (AvgIpc) is 2.76. The number of nitrogens with one attached hydrogen (secondary N) is 1. The number of anilines is 1. The third-order valence-electron chi connectivity index (χ3n) is 2.17. The number of nitrogens with two attached hydrogens (primary N) is 1. The third kappa shape index (κ3) is 3.06. The van der Waals surface area contributed by atoms with Crippen LogP contribution in [0, 0.1) is 0 Å². The maximum atomic E-state index is 11.9. The monoisotopic (exact) mass is 268 g/mol. The van der Waals surface area contributed by atoms with E-state index in [0.717, 1.165) is 16.9 Å². The van der Waals surface area contributed by atoms with Crippen molar-refractivity contribution in [1.29, 1.82) is 0 Å². The maximum Gasteiger partial charge on any atom is 0.250 e. The zero-order valence-electron chi connectivity index (χ0n) is 8.96. The lowest BCUT2D eigenvalue weighted by molar-refractivity contribution is 0.583. The van der Waals surface area contributed by atoms with Gasteiger partial charge >= 0.3 is 0 Å². The number of hydrogen-bond donors (Lipinski definition) is 2. The maximum absolute atomic E-state index is 11.9. The summed E-state index contributed by atoms with van der Waals surface area (Å²) in [7, 11) is -3.45. The van der Waals surface area contributed by atoms with Crippen molar-refractivity contribution in [2.24, 2.45) is 0 Å². The van der Waals surface area contributed by atoms with E-state index in [2.05, 4.69) is 4.72 Å². The molecular formula is C11H12N2O2S2. The SMILES string of the molecule is Nc1csc(S(=O)(=O)NCc2ccccc2)c1. The first-order chi connectivity index (χ1) is 8.08. The van der Waals surface area contributed by atoms with Crippen LogP contribution in [0.25, 0.3) is 0 Å². The van der Waals surface area contributed by atoms with Gasteiger partial charge in [0.2, 0.25) is 10.0 Å². The van der Waals surface area contributed by atoms with Crippen LogP contribution in [-0.4, -0.2) is 8.42 Å². The molecule has 0 amide bonds. The molecule has 4 nitrogen and oxygen atoms in total. The molecule has 1 heterocycles. The van der Waals surface area contributed by atoms with E-state index < -0.39 is 10.0 Å². The first-order valence-corrected chi connectivity index (χ1v) is 7.32. The molecule has 0 spiro atoms. The zero-order chi connectivity index (χ0) is 12.3. The molecule has 90 valence electrons. The van der Waals surface area contributed by atoms with E-state index >= 15 is 0 Å². The second-order valence-electron chi connectivity index (χ2n) is 3.51. The smallest absolute Gasteiger partial charge is 0.250 e. The summed E-state index contributed by atoms with van der Waals surface area (Å²) in [6, 6.07) is 10.8. The Hall–Kier alpha value is -1.37. The molecule has 0 aliphatic rings. The van der Waals surface area contributed by atoms with Crippen molar-refractivity contribution in [3.63, 3.8) is 0 Å². The summed E-state index contributed by atoms with van der Waals surface area (Å²) >= 11 is 1.12. The summed E-state index contributed by atoms with van der Waals surface area (Å²) in [5, 5.41) is 1.61. The molecule has 0 aliphatic carbocycles. The fourth-order valence-corrected chi connectivity index (χ4v) is 3.46. The Labute approximate surface area is 104 Å². The molecule has 2 aromatic rings. The van der Waals surface area contributed by atoms with E-state index in [-0.39, 0.29) is 10.8 Å². The molecule has 17 heavy (non-hydrogen) atoms. The number of thiophene rings is 1. The number of nitrogen functional groups attached to an aromatic ring is 1.